The van der Waals surface area contributed by atoms with Crippen molar-refractivity contribution in [3.05, 3.63) is 95.1 Å². The van der Waals surface area contributed by atoms with Crippen molar-refractivity contribution < 1.29 is 9.13 Å². The van der Waals surface area contributed by atoms with E-state index in [1.54, 1.807) is 0 Å². The lowest BCUT2D eigenvalue weighted by Gasteiger charge is -2.33. The molecule has 174 valence electrons. The van der Waals surface area contributed by atoms with E-state index in [9.17, 15) is 5.26 Å². The van der Waals surface area contributed by atoms with E-state index < -0.39 is 6.48 Å². The topological polar surface area (TPSA) is 43.4 Å². The first kappa shape index (κ1) is 22.1. The molecule has 2 aliphatic rings. The summed E-state index contributed by atoms with van der Waals surface area (Å²) in [6.07, 6.45) is 2.09. The zero-order valence-corrected chi connectivity index (χ0v) is 20.4. The number of nitrogens with zero attached hydrogens (tertiary/aromatic N) is 4. The summed E-state index contributed by atoms with van der Waals surface area (Å²) in [7, 11) is 2.17. The van der Waals surface area contributed by atoms with Crippen molar-refractivity contribution in [2.24, 2.45) is 0 Å². The van der Waals surface area contributed by atoms with Gasteiger partial charge in [-0.3, -0.25) is 4.90 Å². The number of hydrogen-bond donors (Lipinski definition) is 0. The summed E-state index contributed by atoms with van der Waals surface area (Å²) in [5, 5.41) is 11.2. The SMILES string of the molecule is CN1CCN(Cc2ccc([B@@-]3(c4ccc(C#N)cc4)Oc4cccc5ccc[n+]3c45)cc2Cl)CC1. The molecule has 5 nitrogen and oxygen atoms in total. The van der Waals surface area contributed by atoms with Crippen molar-refractivity contribution in [3.8, 4) is 11.8 Å². The Morgan fingerprint density at radius 1 is 0.971 bits per heavy atom. The van der Waals surface area contributed by atoms with E-state index in [0.29, 0.717) is 5.56 Å². The lowest BCUT2D eigenvalue weighted by Crippen LogP contribution is -2.80. The van der Waals surface area contributed by atoms with Crippen LogP contribution in [0.5, 0.6) is 5.75 Å². The molecule has 3 aromatic carbocycles. The molecule has 7 heteroatoms. The minimum atomic E-state index is -1.83. The number of halogens is 1. The number of benzene rings is 3. The van der Waals surface area contributed by atoms with Crippen LogP contribution in [0.15, 0.2) is 79.0 Å². The molecule has 1 atom stereocenters. The molecule has 0 radical (unpaired) electrons. The standard InChI is InChI=1S/C28H26BClN4O/c1-32-14-16-33(17-15-32)20-23-9-12-25(18-26(23)30)29(24-10-7-21(19-31)8-11-24)34-13-3-5-22-4-2-6-27(35-29)28(22)34/h2-13,18H,14-17,20H2,1H3/t29-/m1/s1. The fraction of sp³-hybridized carbons (Fsp3) is 0.214. The molecule has 3 heterocycles. The number of para-hydroxylation sites is 1. The lowest BCUT2D eigenvalue weighted by molar-refractivity contribution is -0.515. The van der Waals surface area contributed by atoms with Crippen molar-refractivity contribution in [2.75, 3.05) is 33.2 Å². The maximum atomic E-state index is 9.35. The third-order valence-electron chi connectivity index (χ3n) is 7.51. The molecule has 1 fully saturated rings. The van der Waals surface area contributed by atoms with Gasteiger partial charge in [0.15, 0.2) is 0 Å². The number of hydrogen-bond acceptors (Lipinski definition) is 4. The quantitative estimate of drug-likeness (QED) is 0.421. The van der Waals surface area contributed by atoms with E-state index in [1.807, 2.05) is 36.4 Å². The highest BCUT2D eigenvalue weighted by molar-refractivity contribution is 6.92. The molecule has 0 unspecified atom stereocenters. The van der Waals surface area contributed by atoms with E-state index in [4.69, 9.17) is 16.3 Å². The van der Waals surface area contributed by atoms with Gasteiger partial charge in [0.2, 0.25) is 5.52 Å². The van der Waals surface area contributed by atoms with Crippen LogP contribution >= 0.6 is 11.6 Å². The first-order valence-corrected chi connectivity index (χ1v) is 12.4. The van der Waals surface area contributed by atoms with E-state index >= 15 is 0 Å². The Kier molecular flexibility index (Phi) is 5.49. The Labute approximate surface area is 210 Å². The molecule has 2 aliphatic heterocycles. The molecule has 0 spiro atoms. The zero-order valence-electron chi connectivity index (χ0n) is 19.7. The van der Waals surface area contributed by atoms with Gasteiger partial charge < -0.3 is 14.0 Å². The summed E-state index contributed by atoms with van der Waals surface area (Å²) in [4.78, 5) is 4.82. The Balaban J connectivity index is 1.47. The molecule has 1 aromatic heterocycles. The number of pyridine rings is 1. The summed E-state index contributed by atoms with van der Waals surface area (Å²) < 4.78 is 9.13. The highest BCUT2D eigenvalue weighted by atomic mass is 35.5. The molecular weight excluding hydrogens is 455 g/mol. The average Bonchev–Trinajstić information content (AvgIpc) is 3.24. The van der Waals surface area contributed by atoms with E-state index in [1.165, 1.54) is 0 Å². The predicted octanol–water partition coefficient (Wildman–Crippen LogP) is 2.90. The molecule has 0 amide bonds. The van der Waals surface area contributed by atoms with Crippen LogP contribution in [-0.4, -0.2) is 49.5 Å². The number of nitriles is 1. The van der Waals surface area contributed by atoms with Crippen molar-refractivity contribution >= 4 is 39.9 Å². The summed E-state index contributed by atoms with van der Waals surface area (Å²) in [6.45, 7) is 3.26. The van der Waals surface area contributed by atoms with Crippen LogP contribution in [0.2, 0.25) is 5.02 Å². The summed E-state index contributed by atoms with van der Waals surface area (Å²) in [5.41, 5.74) is 4.83. The van der Waals surface area contributed by atoms with Crippen LogP contribution in [0.25, 0.3) is 10.9 Å². The Bertz CT molecular complexity index is 1460. The molecule has 0 aliphatic carbocycles. The average molecular weight is 481 g/mol. The molecule has 4 aromatic rings. The van der Waals surface area contributed by atoms with Crippen LogP contribution in [0.3, 0.4) is 0 Å². The molecular formula is C28H26BClN4O. The maximum Gasteiger partial charge on any atom is 0.513 e. The van der Waals surface area contributed by atoms with Crippen molar-refractivity contribution in [2.45, 2.75) is 6.54 Å². The summed E-state index contributed by atoms with van der Waals surface area (Å²) in [6, 6.07) is 26.6. The first-order chi connectivity index (χ1) is 17.1. The van der Waals surface area contributed by atoms with Gasteiger partial charge >= 0.3 is 6.48 Å². The smallest absolute Gasteiger partial charge is 0.513 e. The van der Waals surface area contributed by atoms with Gasteiger partial charge in [0.25, 0.3) is 0 Å². The highest BCUT2D eigenvalue weighted by Crippen LogP contribution is 2.30. The third kappa shape index (κ3) is 3.68. The largest absolute Gasteiger partial charge is 0.647 e. The Morgan fingerprint density at radius 2 is 1.71 bits per heavy atom. The lowest BCUT2D eigenvalue weighted by atomic mass is 9.41. The van der Waals surface area contributed by atoms with Gasteiger partial charge in [0, 0.05) is 43.1 Å². The Morgan fingerprint density at radius 3 is 2.46 bits per heavy atom. The number of rotatable bonds is 4. The van der Waals surface area contributed by atoms with Crippen molar-refractivity contribution in [1.29, 1.82) is 5.26 Å². The second-order valence-corrected chi connectivity index (χ2v) is 10.0. The second kappa shape index (κ2) is 8.69. The molecule has 6 rings (SSSR count). The van der Waals surface area contributed by atoms with Crippen LogP contribution in [0.4, 0.5) is 0 Å². The van der Waals surface area contributed by atoms with Gasteiger partial charge in [-0.05, 0) is 49.0 Å². The third-order valence-corrected chi connectivity index (χ3v) is 7.86. The van der Waals surface area contributed by atoms with Crippen molar-refractivity contribution in [1.82, 2.24) is 9.80 Å². The van der Waals surface area contributed by atoms with Crippen molar-refractivity contribution in [3.63, 3.8) is 0 Å². The van der Waals surface area contributed by atoms with Gasteiger partial charge in [-0.1, -0.05) is 58.9 Å². The zero-order chi connectivity index (χ0) is 24.0. The van der Waals surface area contributed by atoms with Gasteiger partial charge in [-0.2, -0.15) is 5.26 Å². The minimum Gasteiger partial charge on any atom is -0.647 e. The van der Waals surface area contributed by atoms with Crippen LogP contribution in [0.1, 0.15) is 11.1 Å². The fourth-order valence-electron chi connectivity index (χ4n) is 5.55. The van der Waals surface area contributed by atoms with Gasteiger partial charge in [0.1, 0.15) is 11.9 Å². The predicted molar refractivity (Wildman–Crippen MR) is 141 cm³/mol. The number of piperazine rings is 1. The minimum absolute atomic E-state index is 0.624. The van der Waals surface area contributed by atoms with E-state index in [-0.39, 0.29) is 0 Å². The number of likely N-dealkylation sites (N-methyl/N-ethyl adjacent to an activating group) is 1. The van der Waals surface area contributed by atoms with Crippen LogP contribution in [-0.2, 0) is 6.54 Å². The maximum absolute atomic E-state index is 9.35. The normalized spacial score (nSPS) is 20.0. The van der Waals surface area contributed by atoms with Crippen LogP contribution in [0, 0.1) is 11.3 Å². The molecule has 1 saturated heterocycles. The highest BCUT2D eigenvalue weighted by Gasteiger charge is 2.50. The number of aromatic nitrogens is 1. The van der Waals surface area contributed by atoms with E-state index in [0.717, 1.165) is 70.9 Å². The van der Waals surface area contributed by atoms with Gasteiger partial charge in [-0.25, -0.2) is 0 Å². The van der Waals surface area contributed by atoms with Gasteiger partial charge in [-0.15, -0.1) is 0 Å². The molecule has 0 bridgehead atoms. The van der Waals surface area contributed by atoms with Crippen LogP contribution < -0.4 is 20.1 Å². The van der Waals surface area contributed by atoms with E-state index in [2.05, 4.69) is 70.0 Å². The summed E-state index contributed by atoms with van der Waals surface area (Å²) >= 11 is 6.93. The monoisotopic (exact) mass is 480 g/mol. The fourth-order valence-corrected chi connectivity index (χ4v) is 5.80. The Hall–Kier alpha value is -3.37. The second-order valence-electron chi connectivity index (χ2n) is 9.64. The summed E-state index contributed by atoms with van der Waals surface area (Å²) in [5.74, 6) is 0.852. The molecule has 0 N–H and O–H groups in total. The molecule has 0 saturated carbocycles. The molecule has 35 heavy (non-hydrogen) atoms. The first-order valence-electron chi connectivity index (χ1n) is 12.1. The van der Waals surface area contributed by atoms with Gasteiger partial charge in [0.05, 0.1) is 11.6 Å².